The monoisotopic (exact) mass is 230 g/mol. The van der Waals surface area contributed by atoms with Crippen LogP contribution in [-0.2, 0) is 17.4 Å². The summed E-state index contributed by atoms with van der Waals surface area (Å²) in [5.74, 6) is 0.790. The summed E-state index contributed by atoms with van der Waals surface area (Å²) in [6.45, 7) is 9.45. The lowest BCUT2D eigenvalue weighted by Crippen LogP contribution is -2.48. The van der Waals surface area contributed by atoms with Crippen LogP contribution in [0.3, 0.4) is 0 Å². The highest BCUT2D eigenvalue weighted by Gasteiger charge is 2.32. The molecule has 1 rings (SSSR count). The quantitative estimate of drug-likeness (QED) is 0.420. The first kappa shape index (κ1) is 14.6. The van der Waals surface area contributed by atoms with Crippen LogP contribution in [-0.4, -0.2) is 38.0 Å². The molecule has 1 saturated heterocycles. The average Bonchev–Trinajstić information content (AvgIpc) is 2.54. The molecule has 88 valence electrons. The third-order valence-corrected chi connectivity index (χ3v) is 2.67. The molecule has 3 nitrogen and oxygen atoms in total. The van der Waals surface area contributed by atoms with Crippen LogP contribution in [0, 0.1) is 16.6 Å². The Balaban J connectivity index is 0.000000583. The fourth-order valence-corrected chi connectivity index (χ4v) is 2.42. The normalized spacial score (nSPS) is 18.1. The molecule has 0 aliphatic carbocycles. The van der Waals surface area contributed by atoms with Crippen molar-refractivity contribution in [2.75, 3.05) is 33.5 Å². The summed E-state index contributed by atoms with van der Waals surface area (Å²) in [4.78, 5) is 0. The Kier molecular flexibility index (Phi) is 7.67. The van der Waals surface area contributed by atoms with Crippen LogP contribution in [0.4, 0.5) is 0 Å². The van der Waals surface area contributed by atoms with Gasteiger partial charge in [0.25, 0.3) is 0 Å². The Bertz CT molecular complexity index is 195. The molecule has 0 aromatic carbocycles. The molecule has 0 spiro atoms. The standard InChI is InChI=1S/C10H22NO.CHNS/c1-10(2)8-11(9-12-3)6-4-5-7-11;2-1-3/h10H,4-9H2,1-3H3;3H/q+1;/p-1. The summed E-state index contributed by atoms with van der Waals surface area (Å²) in [5.41, 5.74) is 0. The molecule has 15 heavy (non-hydrogen) atoms. The highest BCUT2D eigenvalue weighted by molar-refractivity contribution is 7.64. The zero-order valence-corrected chi connectivity index (χ0v) is 10.8. The van der Waals surface area contributed by atoms with Gasteiger partial charge in [-0.1, -0.05) is 19.2 Å². The van der Waals surface area contributed by atoms with E-state index in [1.165, 1.54) is 42.4 Å². The SMILES string of the molecule is COC[N+]1(CC(C)C)CCCC1.N#C[S-]. The van der Waals surface area contributed by atoms with Gasteiger partial charge in [0.1, 0.15) is 0 Å². The van der Waals surface area contributed by atoms with Crippen LogP contribution in [0.15, 0.2) is 0 Å². The van der Waals surface area contributed by atoms with Gasteiger partial charge in [0, 0.05) is 25.9 Å². The van der Waals surface area contributed by atoms with E-state index in [1.54, 1.807) is 0 Å². The number of hydrogen-bond acceptors (Lipinski definition) is 3. The largest absolute Gasteiger partial charge is 0.696 e. The Hall–Kier alpha value is -0.370. The van der Waals surface area contributed by atoms with Crippen molar-refractivity contribution < 1.29 is 9.22 Å². The maximum atomic E-state index is 7.13. The van der Waals surface area contributed by atoms with Gasteiger partial charge in [-0.25, -0.2) is 5.26 Å². The van der Waals surface area contributed by atoms with Gasteiger partial charge in [-0.2, -0.15) is 0 Å². The predicted molar refractivity (Wildman–Crippen MR) is 63.8 cm³/mol. The van der Waals surface area contributed by atoms with E-state index in [-0.39, 0.29) is 0 Å². The molecule has 0 saturated carbocycles. The molecule has 4 heteroatoms. The molecular formula is C11H22N2OS. The van der Waals surface area contributed by atoms with Crippen molar-refractivity contribution in [3.63, 3.8) is 0 Å². The Morgan fingerprint density at radius 3 is 2.20 bits per heavy atom. The van der Waals surface area contributed by atoms with E-state index in [1.807, 2.05) is 7.11 Å². The van der Waals surface area contributed by atoms with E-state index in [2.05, 4.69) is 26.5 Å². The minimum absolute atomic E-state index is 0.790. The molecule has 1 aliphatic heterocycles. The lowest BCUT2D eigenvalue weighted by molar-refractivity contribution is -0.937. The maximum absolute atomic E-state index is 7.13. The number of rotatable bonds is 4. The second-order valence-electron chi connectivity index (χ2n) is 4.58. The molecule has 0 atom stereocenters. The van der Waals surface area contributed by atoms with Crippen molar-refractivity contribution in [2.24, 2.45) is 5.92 Å². The highest BCUT2D eigenvalue weighted by atomic mass is 32.1. The van der Waals surface area contributed by atoms with E-state index >= 15 is 0 Å². The molecular weight excluding hydrogens is 208 g/mol. The van der Waals surface area contributed by atoms with Crippen LogP contribution < -0.4 is 0 Å². The fraction of sp³-hybridized carbons (Fsp3) is 0.909. The van der Waals surface area contributed by atoms with Gasteiger partial charge in [0.05, 0.1) is 19.6 Å². The number of nitrogens with zero attached hydrogens (tertiary/aromatic N) is 2. The lowest BCUT2D eigenvalue weighted by atomic mass is 10.2. The molecule has 0 N–H and O–H groups in total. The van der Waals surface area contributed by atoms with Gasteiger partial charge >= 0.3 is 0 Å². The number of nitriles is 1. The third-order valence-electron chi connectivity index (χ3n) is 2.67. The number of ether oxygens (including phenoxy) is 1. The van der Waals surface area contributed by atoms with Crippen LogP contribution in [0.5, 0.6) is 0 Å². The Morgan fingerprint density at radius 2 is 1.87 bits per heavy atom. The van der Waals surface area contributed by atoms with Gasteiger partial charge in [-0.05, 0) is 0 Å². The molecule has 0 radical (unpaired) electrons. The van der Waals surface area contributed by atoms with Crippen molar-refractivity contribution in [1.82, 2.24) is 0 Å². The van der Waals surface area contributed by atoms with Gasteiger partial charge in [0.2, 0.25) is 0 Å². The van der Waals surface area contributed by atoms with Gasteiger partial charge in [-0.3, -0.25) is 0 Å². The van der Waals surface area contributed by atoms with E-state index in [4.69, 9.17) is 10.00 Å². The fourth-order valence-electron chi connectivity index (χ4n) is 2.42. The van der Waals surface area contributed by atoms with E-state index in [0.717, 1.165) is 12.6 Å². The summed E-state index contributed by atoms with van der Waals surface area (Å²) in [5, 5.41) is 8.47. The van der Waals surface area contributed by atoms with Crippen molar-refractivity contribution in [3.8, 4) is 5.40 Å². The first-order chi connectivity index (χ1) is 7.10. The van der Waals surface area contributed by atoms with Crippen molar-refractivity contribution in [2.45, 2.75) is 26.7 Å². The summed E-state index contributed by atoms with van der Waals surface area (Å²) in [6.07, 6.45) is 2.77. The topological polar surface area (TPSA) is 33.0 Å². The molecule has 0 aromatic rings. The first-order valence-corrected chi connectivity index (χ1v) is 5.86. The second-order valence-corrected chi connectivity index (χ2v) is 4.76. The van der Waals surface area contributed by atoms with E-state index in [9.17, 15) is 0 Å². The Morgan fingerprint density at radius 1 is 1.40 bits per heavy atom. The molecule has 0 aromatic heterocycles. The number of hydrogen-bond donors (Lipinski definition) is 0. The Labute approximate surface area is 99.0 Å². The minimum Gasteiger partial charge on any atom is -0.696 e. The van der Waals surface area contributed by atoms with Crippen molar-refractivity contribution in [3.05, 3.63) is 0 Å². The molecule has 1 aliphatic rings. The van der Waals surface area contributed by atoms with E-state index in [0.29, 0.717) is 0 Å². The van der Waals surface area contributed by atoms with Crippen LogP contribution >= 0.6 is 0 Å². The van der Waals surface area contributed by atoms with Crippen LogP contribution in [0.1, 0.15) is 26.7 Å². The predicted octanol–water partition coefficient (Wildman–Crippen LogP) is 1.87. The molecule has 0 amide bonds. The van der Waals surface area contributed by atoms with Crippen molar-refractivity contribution >= 4 is 12.6 Å². The van der Waals surface area contributed by atoms with Crippen LogP contribution in [0.2, 0.25) is 0 Å². The molecule has 0 unspecified atom stereocenters. The van der Waals surface area contributed by atoms with Gasteiger partial charge < -0.3 is 21.8 Å². The van der Waals surface area contributed by atoms with Crippen LogP contribution in [0.25, 0.3) is 0 Å². The average molecular weight is 230 g/mol. The van der Waals surface area contributed by atoms with Crippen molar-refractivity contribution in [1.29, 1.82) is 5.26 Å². The first-order valence-electron chi connectivity index (χ1n) is 5.45. The second kappa shape index (κ2) is 7.86. The number of likely N-dealkylation sites (tertiary alicyclic amines) is 1. The summed E-state index contributed by atoms with van der Waals surface area (Å²) in [6, 6.07) is 0. The van der Waals surface area contributed by atoms with E-state index < -0.39 is 0 Å². The lowest BCUT2D eigenvalue weighted by Gasteiger charge is -2.34. The number of quaternary nitrogens is 1. The molecule has 1 fully saturated rings. The number of thiocyanates is 1. The highest BCUT2D eigenvalue weighted by Crippen LogP contribution is 2.21. The zero-order valence-electron chi connectivity index (χ0n) is 10.0. The summed E-state index contributed by atoms with van der Waals surface area (Å²) in [7, 11) is 1.82. The maximum Gasteiger partial charge on any atom is 0.182 e. The zero-order chi connectivity index (χ0) is 11.7. The summed E-state index contributed by atoms with van der Waals surface area (Å²) >= 11 is 3.70. The van der Waals surface area contributed by atoms with Gasteiger partial charge in [-0.15, -0.1) is 0 Å². The summed E-state index contributed by atoms with van der Waals surface area (Å²) < 4.78 is 6.50. The minimum atomic E-state index is 0.790. The number of methoxy groups -OCH3 is 1. The third kappa shape index (κ3) is 5.93. The molecule has 0 bridgehead atoms. The molecule has 1 heterocycles. The smallest absolute Gasteiger partial charge is 0.182 e. The van der Waals surface area contributed by atoms with Gasteiger partial charge in [0.15, 0.2) is 6.73 Å².